The number of anilines is 1. The molecule has 13 heteroatoms. The maximum Gasteiger partial charge on any atom is 0.272 e. The number of hydrogen-bond donors (Lipinski definition) is 2. The average molecular weight is 744 g/mol. The van der Waals surface area contributed by atoms with Crippen LogP contribution in [0.25, 0.3) is 33.4 Å². The molecular weight excluding hydrogens is 707 g/mol. The van der Waals surface area contributed by atoms with Gasteiger partial charge in [-0.1, -0.05) is 71.7 Å². The van der Waals surface area contributed by atoms with Gasteiger partial charge in [-0.3, -0.25) is 4.79 Å². The summed E-state index contributed by atoms with van der Waals surface area (Å²) in [6.07, 6.45) is 4.10. The van der Waals surface area contributed by atoms with Gasteiger partial charge in [-0.25, -0.2) is 18.4 Å². The number of pyridine rings is 1. The molecule has 3 aromatic carbocycles. The van der Waals surface area contributed by atoms with Crippen LogP contribution in [0.4, 0.5) is 5.69 Å². The minimum Gasteiger partial charge on any atom is -0.476 e. The summed E-state index contributed by atoms with van der Waals surface area (Å²) in [5.41, 5.74) is 5.51. The fourth-order valence-electron chi connectivity index (χ4n) is 6.41. The van der Waals surface area contributed by atoms with E-state index < -0.39 is 15.7 Å². The molecule has 51 heavy (non-hydrogen) atoms. The van der Waals surface area contributed by atoms with Gasteiger partial charge in [0.2, 0.25) is 5.88 Å². The Morgan fingerprint density at radius 3 is 2.47 bits per heavy atom. The molecule has 3 aromatic heterocycles. The van der Waals surface area contributed by atoms with Gasteiger partial charge in [-0.15, -0.1) is 0 Å². The molecule has 4 heterocycles. The zero-order valence-electron chi connectivity index (χ0n) is 27.9. The number of nitrogens with zero attached hydrogens (tertiary/aromatic N) is 4. The highest BCUT2D eigenvalue weighted by atomic mass is 35.5. The van der Waals surface area contributed by atoms with Crippen molar-refractivity contribution in [1.82, 2.24) is 24.4 Å². The third-order valence-electron chi connectivity index (χ3n) is 9.15. The van der Waals surface area contributed by atoms with Crippen molar-refractivity contribution in [2.24, 2.45) is 0 Å². The van der Waals surface area contributed by atoms with Gasteiger partial charge in [0.05, 0.1) is 41.9 Å². The minimum absolute atomic E-state index is 0.164. The molecule has 0 aliphatic carbocycles. The predicted molar refractivity (Wildman–Crippen MR) is 203 cm³/mol. The number of imidazole rings is 1. The second-order valence-corrected chi connectivity index (χ2v) is 15.7. The Labute approximate surface area is 306 Å². The number of aromatic nitrogens is 4. The maximum absolute atomic E-state index is 14.4. The van der Waals surface area contributed by atoms with E-state index in [9.17, 15) is 13.2 Å². The van der Waals surface area contributed by atoms with Gasteiger partial charge < -0.3 is 24.5 Å². The summed E-state index contributed by atoms with van der Waals surface area (Å²) in [6.45, 7) is 4.18. The van der Waals surface area contributed by atoms with Crippen LogP contribution in [0.5, 0.6) is 5.88 Å². The van der Waals surface area contributed by atoms with Crippen LogP contribution in [0.3, 0.4) is 0 Å². The van der Waals surface area contributed by atoms with Crippen LogP contribution >= 0.6 is 23.2 Å². The van der Waals surface area contributed by atoms with Crippen LogP contribution in [-0.2, 0) is 9.84 Å². The molecule has 1 aliphatic heterocycles. The number of sulfone groups is 1. The number of amides is 1. The van der Waals surface area contributed by atoms with Crippen LogP contribution in [0.15, 0.2) is 97.5 Å². The molecule has 0 radical (unpaired) electrons. The Bertz CT molecular complexity index is 2280. The number of nitrogens with one attached hydrogen (secondary N) is 2. The number of carbonyl (C=O) groups is 1. The van der Waals surface area contributed by atoms with E-state index in [1.54, 1.807) is 24.4 Å². The van der Waals surface area contributed by atoms with E-state index in [1.165, 1.54) is 0 Å². The molecule has 2 N–H and O–H groups in total. The summed E-state index contributed by atoms with van der Waals surface area (Å²) in [7, 11) is -2.94. The number of H-pyrrole nitrogens is 1. The summed E-state index contributed by atoms with van der Waals surface area (Å²) in [6, 6.07) is 26.4. The molecule has 1 amide bonds. The first-order valence-corrected chi connectivity index (χ1v) is 19.3. The Balaban J connectivity index is 1.23. The first kappa shape index (κ1) is 34.8. The highest BCUT2D eigenvalue weighted by molar-refractivity contribution is 7.91. The molecule has 0 bridgehead atoms. The van der Waals surface area contributed by atoms with Crippen LogP contribution < -0.4 is 10.1 Å². The second kappa shape index (κ2) is 14.9. The summed E-state index contributed by atoms with van der Waals surface area (Å²) >= 11 is 12.7. The summed E-state index contributed by atoms with van der Waals surface area (Å²) < 4.78 is 31.7. The van der Waals surface area contributed by atoms with Crippen molar-refractivity contribution in [2.75, 3.05) is 43.1 Å². The van der Waals surface area contributed by atoms with Gasteiger partial charge in [-0.05, 0) is 55.3 Å². The van der Waals surface area contributed by atoms with E-state index in [0.717, 1.165) is 27.9 Å². The van der Waals surface area contributed by atoms with E-state index in [2.05, 4.69) is 31.7 Å². The van der Waals surface area contributed by atoms with Crippen molar-refractivity contribution in [1.29, 1.82) is 0 Å². The number of rotatable bonds is 11. The van der Waals surface area contributed by atoms with Crippen molar-refractivity contribution >= 4 is 55.5 Å². The number of aromatic amines is 1. The van der Waals surface area contributed by atoms with Crippen molar-refractivity contribution in [3.63, 3.8) is 0 Å². The molecule has 7 rings (SSSR count). The Hall–Kier alpha value is -4.68. The van der Waals surface area contributed by atoms with Crippen LogP contribution in [0.1, 0.15) is 35.4 Å². The average Bonchev–Trinajstić information content (AvgIpc) is 3.73. The van der Waals surface area contributed by atoms with Gasteiger partial charge in [0, 0.05) is 57.9 Å². The van der Waals surface area contributed by atoms with E-state index in [0.29, 0.717) is 71.0 Å². The van der Waals surface area contributed by atoms with Gasteiger partial charge >= 0.3 is 0 Å². The van der Waals surface area contributed by atoms with Crippen molar-refractivity contribution in [2.45, 2.75) is 19.4 Å². The lowest BCUT2D eigenvalue weighted by atomic mass is 9.99. The monoisotopic (exact) mass is 742 g/mol. The smallest absolute Gasteiger partial charge is 0.272 e. The Morgan fingerprint density at radius 2 is 1.71 bits per heavy atom. The molecule has 0 spiro atoms. The number of carbonyl (C=O) groups excluding carboxylic acids is 1. The fraction of sp³-hybridized carbons (Fsp3) is 0.237. The van der Waals surface area contributed by atoms with Crippen LogP contribution in [0, 0.1) is 0 Å². The number of ether oxygens (including phenoxy) is 1. The summed E-state index contributed by atoms with van der Waals surface area (Å²) in [4.78, 5) is 29.2. The zero-order chi connectivity index (χ0) is 35.5. The van der Waals surface area contributed by atoms with E-state index in [1.807, 2.05) is 73.1 Å². The molecule has 1 saturated heterocycles. The van der Waals surface area contributed by atoms with Gasteiger partial charge in [0.25, 0.3) is 5.91 Å². The lowest BCUT2D eigenvalue weighted by molar-refractivity contribution is 0.102. The lowest BCUT2D eigenvalue weighted by Gasteiger charge is -2.26. The fourth-order valence-corrected chi connectivity index (χ4v) is 7.99. The summed E-state index contributed by atoms with van der Waals surface area (Å²) in [5, 5.41) is 5.02. The lowest BCUT2D eigenvalue weighted by Crippen LogP contribution is -2.40. The maximum atomic E-state index is 14.4. The molecular formula is C38H36Cl2N6O4S. The second-order valence-electron chi connectivity index (χ2n) is 12.5. The van der Waals surface area contributed by atoms with Gasteiger partial charge in [0.15, 0.2) is 9.84 Å². The standard InChI is InChI=1S/C38H36Cl2N6O4S/c1-25(26-10-12-28(39)13-11-26)46-24-42-34(27-7-3-2-4-8-27)36(46)33-30-15-14-29(40)23-32(30)43-35(33)37(47)44-31-9-5-16-41-38(31)50-20-6-17-45-18-21-51(48,49)22-19-45/h2-5,7-16,23-25,43H,6,17-22H2,1H3,(H,44,47)/t25-/m0/s1. The van der Waals surface area contributed by atoms with Gasteiger partial charge in [0.1, 0.15) is 11.4 Å². The molecule has 10 nitrogen and oxygen atoms in total. The Kier molecular flexibility index (Phi) is 10.1. The molecule has 262 valence electrons. The number of fused-ring (bicyclic) bond motifs is 1. The first-order chi connectivity index (χ1) is 24.7. The highest BCUT2D eigenvalue weighted by Gasteiger charge is 2.28. The third kappa shape index (κ3) is 7.67. The number of benzene rings is 3. The molecule has 0 saturated carbocycles. The van der Waals surface area contributed by atoms with Crippen molar-refractivity contribution < 1.29 is 17.9 Å². The highest BCUT2D eigenvalue weighted by Crippen LogP contribution is 2.41. The quantitative estimate of drug-likeness (QED) is 0.130. The SMILES string of the molecule is C[C@@H](c1ccc(Cl)cc1)n1cnc(-c2ccccc2)c1-c1c(C(=O)Nc2cccnc2OCCCN2CCS(=O)(=O)CC2)[nH]c2cc(Cl)ccc12. The number of hydrogen-bond acceptors (Lipinski definition) is 7. The van der Waals surface area contributed by atoms with Crippen LogP contribution in [-0.4, -0.2) is 76.5 Å². The normalized spacial score (nSPS) is 15.1. The molecule has 6 aromatic rings. The molecule has 1 atom stereocenters. The van der Waals surface area contributed by atoms with E-state index in [-0.39, 0.29) is 17.5 Å². The van der Waals surface area contributed by atoms with E-state index >= 15 is 0 Å². The van der Waals surface area contributed by atoms with Crippen molar-refractivity contribution in [3.8, 4) is 28.4 Å². The van der Waals surface area contributed by atoms with Crippen LogP contribution in [0.2, 0.25) is 10.0 Å². The topological polar surface area (TPSA) is 122 Å². The Morgan fingerprint density at radius 1 is 0.961 bits per heavy atom. The van der Waals surface area contributed by atoms with Gasteiger partial charge in [-0.2, -0.15) is 0 Å². The third-order valence-corrected chi connectivity index (χ3v) is 11.2. The van der Waals surface area contributed by atoms with E-state index in [4.69, 9.17) is 32.9 Å². The molecule has 1 aliphatic rings. The number of halogens is 2. The molecule has 0 unspecified atom stereocenters. The zero-order valence-corrected chi connectivity index (χ0v) is 30.2. The first-order valence-electron chi connectivity index (χ1n) is 16.7. The minimum atomic E-state index is -2.94. The van der Waals surface area contributed by atoms with Crippen molar-refractivity contribution in [3.05, 3.63) is 119 Å². The summed E-state index contributed by atoms with van der Waals surface area (Å²) in [5.74, 6) is 0.259. The largest absolute Gasteiger partial charge is 0.476 e. The predicted octanol–water partition coefficient (Wildman–Crippen LogP) is 7.76. The molecule has 1 fully saturated rings.